The third kappa shape index (κ3) is 2.71. The number of hydrogen-bond acceptors (Lipinski definition) is 5. The first-order chi connectivity index (χ1) is 9.67. The fourth-order valence-corrected chi connectivity index (χ4v) is 1.74. The highest BCUT2D eigenvalue weighted by Gasteiger charge is 2.19. The molecule has 0 saturated heterocycles. The van der Waals surface area contributed by atoms with Crippen molar-refractivity contribution in [2.45, 2.75) is 13.8 Å². The molecule has 1 aromatic carbocycles. The van der Waals surface area contributed by atoms with Crippen molar-refractivity contribution in [3.05, 3.63) is 24.3 Å². The molecule has 1 N–H and O–H groups in total. The summed E-state index contributed by atoms with van der Waals surface area (Å²) in [6.45, 7) is 3.85. The molecule has 106 valence electrons. The highest BCUT2D eigenvalue weighted by Crippen LogP contribution is 2.20. The number of ether oxygens (including phenoxy) is 2. The average molecular weight is 277 g/mol. The van der Waals surface area contributed by atoms with Gasteiger partial charge in [0.1, 0.15) is 0 Å². The lowest BCUT2D eigenvalue weighted by atomic mass is 10.3. The summed E-state index contributed by atoms with van der Waals surface area (Å²) in [5.41, 5.74) is 1.13. The van der Waals surface area contributed by atoms with Gasteiger partial charge in [-0.1, -0.05) is 12.1 Å². The summed E-state index contributed by atoms with van der Waals surface area (Å²) in [5, 5.41) is 2.43. The van der Waals surface area contributed by atoms with E-state index in [1.54, 1.807) is 38.1 Å². The van der Waals surface area contributed by atoms with Crippen LogP contribution in [0.1, 0.15) is 13.8 Å². The normalized spacial score (nSPS) is 10.3. The number of carbonyl (C=O) groups is 2. The van der Waals surface area contributed by atoms with Crippen LogP contribution in [0.25, 0.3) is 11.0 Å². The lowest BCUT2D eigenvalue weighted by Crippen LogP contribution is -2.21. The SMILES string of the molecule is CCOC(=O)Nc1nc2ccccc2n1C(=O)OCC. The third-order valence-electron chi connectivity index (χ3n) is 2.50. The smallest absolute Gasteiger partial charge is 0.421 e. The summed E-state index contributed by atoms with van der Waals surface area (Å²) in [6.07, 6.45) is -1.28. The van der Waals surface area contributed by atoms with E-state index in [0.717, 1.165) is 0 Å². The van der Waals surface area contributed by atoms with E-state index < -0.39 is 12.2 Å². The van der Waals surface area contributed by atoms with Crippen LogP contribution in [0.2, 0.25) is 0 Å². The van der Waals surface area contributed by atoms with Crippen molar-refractivity contribution in [1.29, 1.82) is 0 Å². The Morgan fingerprint density at radius 2 is 1.90 bits per heavy atom. The van der Waals surface area contributed by atoms with Crippen molar-refractivity contribution in [3.63, 3.8) is 0 Å². The van der Waals surface area contributed by atoms with Crippen LogP contribution in [0.3, 0.4) is 0 Å². The van der Waals surface area contributed by atoms with E-state index in [1.807, 2.05) is 0 Å². The Morgan fingerprint density at radius 3 is 2.60 bits per heavy atom. The van der Waals surface area contributed by atoms with Gasteiger partial charge in [0.2, 0.25) is 5.95 Å². The molecule has 0 aliphatic heterocycles. The minimum absolute atomic E-state index is 0.0723. The third-order valence-corrected chi connectivity index (χ3v) is 2.50. The van der Waals surface area contributed by atoms with Gasteiger partial charge in [0.15, 0.2) is 0 Å². The molecule has 0 aliphatic carbocycles. The van der Waals surface area contributed by atoms with Gasteiger partial charge < -0.3 is 9.47 Å². The Balaban J connectivity index is 2.44. The van der Waals surface area contributed by atoms with E-state index in [9.17, 15) is 9.59 Å². The van der Waals surface area contributed by atoms with Crippen LogP contribution in [0, 0.1) is 0 Å². The molecule has 1 aromatic heterocycles. The molecule has 0 unspecified atom stereocenters. The molecule has 0 atom stereocenters. The molecule has 0 bridgehead atoms. The maximum Gasteiger partial charge on any atom is 0.421 e. The van der Waals surface area contributed by atoms with Crippen LogP contribution in [-0.4, -0.2) is 35.0 Å². The summed E-state index contributed by atoms with van der Waals surface area (Å²) in [4.78, 5) is 27.7. The van der Waals surface area contributed by atoms with E-state index in [1.165, 1.54) is 4.57 Å². The van der Waals surface area contributed by atoms with Crippen LogP contribution >= 0.6 is 0 Å². The number of hydrogen-bond donors (Lipinski definition) is 1. The number of para-hydroxylation sites is 2. The van der Waals surface area contributed by atoms with E-state index in [0.29, 0.717) is 11.0 Å². The number of fused-ring (bicyclic) bond motifs is 1. The first-order valence-corrected chi connectivity index (χ1v) is 6.25. The molecule has 2 rings (SSSR count). The van der Waals surface area contributed by atoms with Gasteiger partial charge in [-0.2, -0.15) is 0 Å². The molecule has 20 heavy (non-hydrogen) atoms. The molecule has 0 radical (unpaired) electrons. The average Bonchev–Trinajstić information content (AvgIpc) is 2.76. The molecule has 7 heteroatoms. The van der Waals surface area contributed by atoms with Gasteiger partial charge in [0.25, 0.3) is 0 Å². The van der Waals surface area contributed by atoms with E-state index in [4.69, 9.17) is 9.47 Å². The number of carbonyl (C=O) groups excluding carboxylic acids is 2. The zero-order valence-electron chi connectivity index (χ0n) is 11.3. The highest BCUT2D eigenvalue weighted by molar-refractivity contribution is 5.94. The van der Waals surface area contributed by atoms with Crippen LogP contribution in [0.5, 0.6) is 0 Å². The van der Waals surface area contributed by atoms with Crippen LogP contribution < -0.4 is 5.32 Å². The maximum atomic E-state index is 12.0. The Morgan fingerprint density at radius 1 is 1.20 bits per heavy atom. The quantitative estimate of drug-likeness (QED) is 0.932. The molecule has 0 aliphatic rings. The Bertz CT molecular complexity index is 636. The minimum atomic E-state index is -0.673. The fraction of sp³-hybridized carbons (Fsp3) is 0.308. The lowest BCUT2D eigenvalue weighted by molar-refractivity contribution is 0.155. The van der Waals surface area contributed by atoms with Gasteiger partial charge >= 0.3 is 12.2 Å². The number of amides is 1. The van der Waals surface area contributed by atoms with Gasteiger partial charge in [-0.15, -0.1) is 0 Å². The molecular formula is C13H15N3O4. The number of imidazole rings is 1. The predicted octanol–water partition coefficient (Wildman–Crippen LogP) is 2.61. The molecule has 0 saturated carbocycles. The zero-order valence-corrected chi connectivity index (χ0v) is 11.3. The van der Waals surface area contributed by atoms with Crippen molar-refractivity contribution in [1.82, 2.24) is 9.55 Å². The summed E-state index contributed by atoms with van der Waals surface area (Å²) >= 11 is 0. The topological polar surface area (TPSA) is 82.5 Å². The van der Waals surface area contributed by atoms with Crippen LogP contribution in [0.15, 0.2) is 24.3 Å². The van der Waals surface area contributed by atoms with Crippen LogP contribution in [-0.2, 0) is 9.47 Å². The maximum absolute atomic E-state index is 12.0. The summed E-state index contributed by atoms with van der Waals surface area (Å²) in [7, 11) is 0. The summed E-state index contributed by atoms with van der Waals surface area (Å²) in [6, 6.07) is 7.02. The molecular weight excluding hydrogens is 262 g/mol. The molecule has 7 nitrogen and oxygen atoms in total. The Labute approximate surface area is 115 Å². The number of benzene rings is 1. The lowest BCUT2D eigenvalue weighted by Gasteiger charge is -2.08. The zero-order chi connectivity index (χ0) is 14.5. The van der Waals surface area contributed by atoms with E-state index >= 15 is 0 Å². The van der Waals surface area contributed by atoms with Crippen molar-refractivity contribution >= 4 is 29.2 Å². The van der Waals surface area contributed by atoms with Crippen molar-refractivity contribution < 1.29 is 19.1 Å². The Kier molecular flexibility index (Phi) is 4.19. The first kappa shape index (κ1) is 13.9. The number of nitrogens with one attached hydrogen (secondary N) is 1. The number of aromatic nitrogens is 2. The van der Waals surface area contributed by atoms with Crippen molar-refractivity contribution in [3.8, 4) is 0 Å². The van der Waals surface area contributed by atoms with Crippen molar-refractivity contribution in [2.75, 3.05) is 18.5 Å². The van der Waals surface area contributed by atoms with Crippen LogP contribution in [0.4, 0.5) is 15.5 Å². The number of anilines is 1. The summed E-state index contributed by atoms with van der Waals surface area (Å²) < 4.78 is 11.0. The monoisotopic (exact) mass is 277 g/mol. The molecule has 0 fully saturated rings. The second kappa shape index (κ2) is 6.05. The highest BCUT2D eigenvalue weighted by atomic mass is 16.6. The number of rotatable bonds is 3. The van der Waals surface area contributed by atoms with Gasteiger partial charge in [-0.3, -0.25) is 5.32 Å². The summed E-state index contributed by atoms with van der Waals surface area (Å²) in [5.74, 6) is 0.0723. The van der Waals surface area contributed by atoms with E-state index in [2.05, 4.69) is 10.3 Å². The van der Waals surface area contributed by atoms with E-state index in [-0.39, 0.29) is 19.2 Å². The van der Waals surface area contributed by atoms with Gasteiger partial charge in [0.05, 0.1) is 24.2 Å². The fourth-order valence-electron chi connectivity index (χ4n) is 1.74. The second-order valence-corrected chi connectivity index (χ2v) is 3.80. The second-order valence-electron chi connectivity index (χ2n) is 3.80. The van der Waals surface area contributed by atoms with Crippen molar-refractivity contribution in [2.24, 2.45) is 0 Å². The number of nitrogens with zero attached hydrogens (tertiary/aromatic N) is 2. The van der Waals surface area contributed by atoms with Gasteiger partial charge in [-0.05, 0) is 26.0 Å². The molecule has 2 aromatic rings. The first-order valence-electron chi connectivity index (χ1n) is 6.25. The molecule has 0 spiro atoms. The predicted molar refractivity (Wildman–Crippen MR) is 72.8 cm³/mol. The van der Waals surface area contributed by atoms with Gasteiger partial charge in [-0.25, -0.2) is 19.1 Å². The minimum Gasteiger partial charge on any atom is -0.450 e. The molecule has 1 amide bonds. The Hall–Kier alpha value is -2.57. The van der Waals surface area contributed by atoms with Gasteiger partial charge in [0, 0.05) is 0 Å². The standard InChI is InChI=1S/C13H15N3O4/c1-3-19-12(17)15-11-14-9-7-5-6-8-10(9)16(11)13(18)20-4-2/h5-8H,3-4H2,1-2H3,(H,14,15,17). The molecule has 1 heterocycles. The largest absolute Gasteiger partial charge is 0.450 e.